The molecule has 0 amide bonds. The SMILES string of the molecule is CC(C)(C)c1cc2cc3ccccc3cc2nc1C(C)(C)C. The van der Waals surface area contributed by atoms with E-state index in [2.05, 4.69) is 84.0 Å². The monoisotopic (exact) mass is 291 g/mol. The summed E-state index contributed by atoms with van der Waals surface area (Å²) < 4.78 is 0. The summed E-state index contributed by atoms with van der Waals surface area (Å²) in [5, 5.41) is 3.77. The molecule has 1 heteroatoms. The van der Waals surface area contributed by atoms with E-state index >= 15 is 0 Å². The molecule has 0 N–H and O–H groups in total. The van der Waals surface area contributed by atoms with E-state index in [-0.39, 0.29) is 10.8 Å². The Morgan fingerprint density at radius 3 is 1.82 bits per heavy atom. The molecule has 0 aliphatic rings. The maximum atomic E-state index is 5.06. The number of nitrogens with zero attached hydrogens (tertiary/aromatic N) is 1. The molecule has 2 aromatic carbocycles. The van der Waals surface area contributed by atoms with E-state index in [0.717, 1.165) is 5.52 Å². The molecule has 1 heterocycles. The second-order valence-corrected chi connectivity index (χ2v) is 8.28. The van der Waals surface area contributed by atoms with E-state index in [9.17, 15) is 0 Å². The third kappa shape index (κ3) is 2.61. The Bertz CT molecular complexity index is 773. The van der Waals surface area contributed by atoms with Gasteiger partial charge < -0.3 is 0 Å². The molecular formula is C21H25N. The van der Waals surface area contributed by atoms with Crippen molar-refractivity contribution in [3.05, 3.63) is 53.7 Å². The van der Waals surface area contributed by atoms with Crippen LogP contribution in [0, 0.1) is 0 Å². The van der Waals surface area contributed by atoms with Gasteiger partial charge in [0.2, 0.25) is 0 Å². The van der Waals surface area contributed by atoms with E-state index in [1.807, 2.05) is 0 Å². The van der Waals surface area contributed by atoms with Crippen LogP contribution in [0.2, 0.25) is 0 Å². The number of pyridine rings is 1. The van der Waals surface area contributed by atoms with Crippen molar-refractivity contribution < 1.29 is 0 Å². The van der Waals surface area contributed by atoms with Crippen molar-refractivity contribution in [2.45, 2.75) is 52.4 Å². The van der Waals surface area contributed by atoms with Gasteiger partial charge in [-0.3, -0.25) is 4.98 Å². The van der Waals surface area contributed by atoms with Crippen LogP contribution in [0.5, 0.6) is 0 Å². The van der Waals surface area contributed by atoms with Crippen molar-refractivity contribution in [1.29, 1.82) is 0 Å². The molecule has 22 heavy (non-hydrogen) atoms. The van der Waals surface area contributed by atoms with Crippen molar-refractivity contribution in [1.82, 2.24) is 4.98 Å². The third-order valence-electron chi connectivity index (χ3n) is 4.20. The van der Waals surface area contributed by atoms with E-state index in [1.165, 1.54) is 27.4 Å². The number of hydrogen-bond acceptors (Lipinski definition) is 1. The minimum atomic E-state index is 0.0441. The average Bonchev–Trinajstić information content (AvgIpc) is 2.41. The molecule has 1 nitrogen and oxygen atoms in total. The molecule has 3 aromatic rings. The maximum Gasteiger partial charge on any atom is 0.0712 e. The van der Waals surface area contributed by atoms with Crippen LogP contribution in [0.3, 0.4) is 0 Å². The Morgan fingerprint density at radius 1 is 0.682 bits per heavy atom. The lowest BCUT2D eigenvalue weighted by Gasteiger charge is -2.29. The lowest BCUT2D eigenvalue weighted by atomic mass is 9.78. The van der Waals surface area contributed by atoms with Gasteiger partial charge >= 0.3 is 0 Å². The molecule has 3 rings (SSSR count). The molecule has 114 valence electrons. The van der Waals surface area contributed by atoms with Gasteiger partial charge in [-0.05, 0) is 39.9 Å². The largest absolute Gasteiger partial charge is 0.252 e. The van der Waals surface area contributed by atoms with Crippen molar-refractivity contribution in [2.75, 3.05) is 0 Å². The molecule has 0 spiro atoms. The Hall–Kier alpha value is -1.89. The minimum absolute atomic E-state index is 0.0441. The molecule has 0 atom stereocenters. The second kappa shape index (κ2) is 4.81. The Morgan fingerprint density at radius 2 is 1.27 bits per heavy atom. The van der Waals surface area contributed by atoms with Gasteiger partial charge in [0.05, 0.1) is 11.2 Å². The summed E-state index contributed by atoms with van der Waals surface area (Å²) >= 11 is 0. The number of benzene rings is 2. The quantitative estimate of drug-likeness (QED) is 0.464. The highest BCUT2D eigenvalue weighted by molar-refractivity contribution is 5.96. The smallest absolute Gasteiger partial charge is 0.0712 e. The van der Waals surface area contributed by atoms with Crippen LogP contribution >= 0.6 is 0 Å². The number of fused-ring (bicyclic) bond motifs is 2. The van der Waals surface area contributed by atoms with Gasteiger partial charge in [-0.2, -0.15) is 0 Å². The Kier molecular flexibility index (Phi) is 3.28. The van der Waals surface area contributed by atoms with Crippen LogP contribution in [-0.4, -0.2) is 4.98 Å². The molecule has 0 unspecified atom stereocenters. The molecule has 0 aliphatic carbocycles. The predicted molar refractivity (Wildman–Crippen MR) is 96.6 cm³/mol. The highest BCUT2D eigenvalue weighted by atomic mass is 14.7. The van der Waals surface area contributed by atoms with Gasteiger partial charge in [-0.15, -0.1) is 0 Å². The lowest BCUT2D eigenvalue weighted by Crippen LogP contribution is -2.23. The van der Waals surface area contributed by atoms with E-state index < -0.39 is 0 Å². The molecular weight excluding hydrogens is 266 g/mol. The molecule has 0 aliphatic heterocycles. The van der Waals surface area contributed by atoms with Gasteiger partial charge in [0.15, 0.2) is 0 Å². The highest BCUT2D eigenvalue weighted by Crippen LogP contribution is 2.35. The molecule has 0 saturated carbocycles. The first-order valence-electron chi connectivity index (χ1n) is 8.01. The summed E-state index contributed by atoms with van der Waals surface area (Å²) in [6.45, 7) is 13.6. The third-order valence-corrected chi connectivity index (χ3v) is 4.20. The minimum Gasteiger partial charge on any atom is -0.252 e. The predicted octanol–water partition coefficient (Wildman–Crippen LogP) is 5.98. The zero-order valence-corrected chi connectivity index (χ0v) is 14.5. The van der Waals surface area contributed by atoms with Gasteiger partial charge in [-0.25, -0.2) is 0 Å². The van der Waals surface area contributed by atoms with Crippen molar-refractivity contribution >= 4 is 21.7 Å². The van der Waals surface area contributed by atoms with Crippen LogP contribution < -0.4 is 0 Å². The standard InChI is InChI=1S/C21H25N/c1-20(2,3)17-12-16-11-14-9-7-8-10-15(14)13-18(16)22-19(17)21(4,5)6/h7-13H,1-6H3. The van der Waals surface area contributed by atoms with Gasteiger partial charge in [0.25, 0.3) is 0 Å². The molecule has 0 fully saturated rings. The summed E-state index contributed by atoms with van der Waals surface area (Å²) in [5.41, 5.74) is 3.79. The van der Waals surface area contributed by atoms with E-state index in [0.29, 0.717) is 0 Å². The van der Waals surface area contributed by atoms with Crippen LogP contribution in [0.15, 0.2) is 42.5 Å². The fraction of sp³-hybridized carbons (Fsp3) is 0.381. The van der Waals surface area contributed by atoms with Crippen LogP contribution in [0.1, 0.15) is 52.8 Å². The van der Waals surface area contributed by atoms with Crippen LogP contribution in [0.25, 0.3) is 21.7 Å². The molecule has 0 bridgehead atoms. The summed E-state index contributed by atoms with van der Waals surface area (Å²) in [4.78, 5) is 5.06. The van der Waals surface area contributed by atoms with Gasteiger partial charge in [0, 0.05) is 10.8 Å². The summed E-state index contributed by atoms with van der Waals surface area (Å²) in [6.07, 6.45) is 0. The fourth-order valence-electron chi connectivity index (χ4n) is 3.01. The van der Waals surface area contributed by atoms with Crippen molar-refractivity contribution in [3.8, 4) is 0 Å². The Labute approximate surface area is 133 Å². The number of rotatable bonds is 0. The summed E-state index contributed by atoms with van der Waals surface area (Å²) in [5.74, 6) is 0. The van der Waals surface area contributed by atoms with E-state index in [1.54, 1.807) is 0 Å². The van der Waals surface area contributed by atoms with Crippen LogP contribution in [-0.2, 0) is 10.8 Å². The zero-order chi connectivity index (χ0) is 16.1. The highest BCUT2D eigenvalue weighted by Gasteiger charge is 2.27. The Balaban J connectivity index is 2.40. The lowest BCUT2D eigenvalue weighted by molar-refractivity contribution is 0.517. The molecule has 1 aromatic heterocycles. The summed E-state index contributed by atoms with van der Waals surface area (Å²) in [7, 11) is 0. The van der Waals surface area contributed by atoms with Crippen molar-refractivity contribution in [2.24, 2.45) is 0 Å². The first-order valence-corrected chi connectivity index (χ1v) is 8.01. The topological polar surface area (TPSA) is 12.9 Å². The molecule has 0 saturated heterocycles. The average molecular weight is 291 g/mol. The molecule has 0 radical (unpaired) electrons. The fourth-order valence-corrected chi connectivity index (χ4v) is 3.01. The van der Waals surface area contributed by atoms with Gasteiger partial charge in [-0.1, -0.05) is 65.8 Å². The van der Waals surface area contributed by atoms with Crippen molar-refractivity contribution in [3.63, 3.8) is 0 Å². The first-order chi connectivity index (χ1) is 10.2. The zero-order valence-electron chi connectivity index (χ0n) is 14.5. The first kappa shape index (κ1) is 15.0. The van der Waals surface area contributed by atoms with Crippen LogP contribution in [0.4, 0.5) is 0 Å². The summed E-state index contributed by atoms with van der Waals surface area (Å²) in [6, 6.07) is 15.3. The maximum absolute atomic E-state index is 5.06. The van der Waals surface area contributed by atoms with E-state index in [4.69, 9.17) is 4.98 Å². The van der Waals surface area contributed by atoms with Gasteiger partial charge in [0.1, 0.15) is 0 Å². The normalized spacial score (nSPS) is 13.0. The second-order valence-electron chi connectivity index (χ2n) is 8.28. The number of aromatic nitrogens is 1. The number of hydrogen-bond donors (Lipinski definition) is 0.